The molecule has 1 amide bonds. The van der Waals surface area contributed by atoms with E-state index in [1.54, 1.807) is 12.1 Å². The summed E-state index contributed by atoms with van der Waals surface area (Å²) in [6, 6.07) is 5.50. The van der Waals surface area contributed by atoms with Crippen LogP contribution in [0.25, 0.3) is 0 Å². The van der Waals surface area contributed by atoms with E-state index in [1.807, 2.05) is 6.92 Å². The Morgan fingerprint density at radius 1 is 1.53 bits per heavy atom. The van der Waals surface area contributed by atoms with Crippen molar-refractivity contribution >= 4 is 11.6 Å². The number of benzene rings is 1. The molecule has 1 aliphatic heterocycles. The molecule has 4 nitrogen and oxygen atoms in total. The maximum Gasteiger partial charge on any atom is 0.227 e. The zero-order valence-electron chi connectivity index (χ0n) is 8.33. The highest BCUT2D eigenvalue weighted by atomic mass is 16.5. The minimum Gasteiger partial charge on any atom is -0.491 e. The Labute approximate surface area is 87.5 Å². The van der Waals surface area contributed by atoms with Gasteiger partial charge in [0.1, 0.15) is 5.75 Å². The predicted octanol–water partition coefficient (Wildman–Crippen LogP) is 1.59. The summed E-state index contributed by atoms with van der Waals surface area (Å²) in [4.78, 5) is 11.3. The summed E-state index contributed by atoms with van der Waals surface area (Å²) < 4.78 is 5.41. The second kappa shape index (κ2) is 3.62. The summed E-state index contributed by atoms with van der Waals surface area (Å²) in [7, 11) is 0. The van der Waals surface area contributed by atoms with E-state index in [1.165, 1.54) is 0 Å². The Kier molecular flexibility index (Phi) is 2.30. The van der Waals surface area contributed by atoms with Crippen molar-refractivity contribution in [3.63, 3.8) is 0 Å². The van der Waals surface area contributed by atoms with Crippen LogP contribution >= 0.6 is 0 Å². The van der Waals surface area contributed by atoms with Crippen LogP contribution in [0.1, 0.15) is 17.5 Å². The number of nitrogens with one attached hydrogen (secondary N) is 1. The van der Waals surface area contributed by atoms with Crippen molar-refractivity contribution in [3.8, 4) is 11.8 Å². The average molecular weight is 202 g/mol. The van der Waals surface area contributed by atoms with Crippen LogP contribution in [0, 0.1) is 18.3 Å². The zero-order chi connectivity index (χ0) is 10.8. The third-order valence-corrected chi connectivity index (χ3v) is 2.31. The minimum atomic E-state index is -0.0820. The Hall–Kier alpha value is -2.02. The fourth-order valence-corrected chi connectivity index (χ4v) is 1.49. The van der Waals surface area contributed by atoms with E-state index in [-0.39, 0.29) is 5.91 Å². The largest absolute Gasteiger partial charge is 0.491 e. The van der Waals surface area contributed by atoms with E-state index in [2.05, 4.69) is 11.4 Å². The third-order valence-electron chi connectivity index (χ3n) is 2.31. The van der Waals surface area contributed by atoms with Gasteiger partial charge in [-0.05, 0) is 24.6 Å². The van der Waals surface area contributed by atoms with Gasteiger partial charge in [-0.15, -0.1) is 0 Å². The molecule has 1 aromatic carbocycles. The normalized spacial score (nSPS) is 14.3. The van der Waals surface area contributed by atoms with Gasteiger partial charge >= 0.3 is 0 Å². The maximum atomic E-state index is 11.3. The number of amides is 1. The molecular formula is C11H10N2O2. The summed E-state index contributed by atoms with van der Waals surface area (Å²) >= 11 is 0. The summed E-state index contributed by atoms with van der Waals surface area (Å²) in [5.41, 5.74) is 1.99. The van der Waals surface area contributed by atoms with E-state index in [0.29, 0.717) is 30.0 Å². The first kappa shape index (κ1) is 9.53. The van der Waals surface area contributed by atoms with Crippen LogP contribution in [0.15, 0.2) is 12.1 Å². The predicted molar refractivity (Wildman–Crippen MR) is 54.6 cm³/mol. The number of nitriles is 1. The summed E-state index contributed by atoms with van der Waals surface area (Å²) in [5.74, 6) is 0.554. The number of carbonyl (C=O) groups is 1. The molecule has 76 valence electrons. The number of ether oxygens (including phenoxy) is 1. The van der Waals surface area contributed by atoms with E-state index in [0.717, 1.165) is 5.56 Å². The lowest BCUT2D eigenvalue weighted by molar-refractivity contribution is -0.116. The lowest BCUT2D eigenvalue weighted by atomic mass is 10.1. The van der Waals surface area contributed by atoms with Crippen molar-refractivity contribution < 1.29 is 9.53 Å². The van der Waals surface area contributed by atoms with E-state index in [9.17, 15) is 4.79 Å². The number of aryl methyl sites for hydroxylation is 1. The van der Waals surface area contributed by atoms with Crippen LogP contribution in [0.3, 0.4) is 0 Å². The van der Waals surface area contributed by atoms with E-state index in [4.69, 9.17) is 10.00 Å². The van der Waals surface area contributed by atoms with Crippen molar-refractivity contribution in [2.75, 3.05) is 11.9 Å². The second-order valence-corrected chi connectivity index (χ2v) is 3.42. The molecule has 0 fully saturated rings. The average Bonchev–Trinajstić information content (AvgIpc) is 2.37. The van der Waals surface area contributed by atoms with Gasteiger partial charge in [-0.2, -0.15) is 5.26 Å². The van der Waals surface area contributed by atoms with Gasteiger partial charge in [-0.25, -0.2) is 0 Å². The van der Waals surface area contributed by atoms with Crippen LogP contribution in [-0.2, 0) is 4.79 Å². The van der Waals surface area contributed by atoms with Gasteiger partial charge in [0.2, 0.25) is 5.91 Å². The summed E-state index contributed by atoms with van der Waals surface area (Å²) in [6.07, 6.45) is 0.343. The number of rotatable bonds is 0. The van der Waals surface area contributed by atoms with Crippen molar-refractivity contribution in [1.29, 1.82) is 5.26 Å². The molecule has 0 bridgehead atoms. The first-order valence-corrected chi connectivity index (χ1v) is 4.68. The van der Waals surface area contributed by atoms with Crippen LogP contribution in [0.4, 0.5) is 5.69 Å². The van der Waals surface area contributed by atoms with Gasteiger partial charge in [-0.3, -0.25) is 4.79 Å². The first-order valence-electron chi connectivity index (χ1n) is 4.68. The number of fused-ring (bicyclic) bond motifs is 1. The second-order valence-electron chi connectivity index (χ2n) is 3.42. The molecular weight excluding hydrogens is 192 g/mol. The Morgan fingerprint density at radius 2 is 2.33 bits per heavy atom. The molecule has 0 saturated carbocycles. The number of hydrogen-bond donors (Lipinski definition) is 1. The summed E-state index contributed by atoms with van der Waals surface area (Å²) in [5, 5.41) is 11.6. The van der Waals surface area contributed by atoms with Gasteiger partial charge in [0.25, 0.3) is 0 Å². The molecule has 1 heterocycles. The first-order chi connectivity index (χ1) is 7.20. The van der Waals surface area contributed by atoms with Crippen molar-refractivity contribution in [1.82, 2.24) is 0 Å². The van der Waals surface area contributed by atoms with E-state index < -0.39 is 0 Å². The molecule has 4 heteroatoms. The molecule has 0 atom stereocenters. The highest BCUT2D eigenvalue weighted by Crippen LogP contribution is 2.30. The fraction of sp³-hybridized carbons (Fsp3) is 0.273. The van der Waals surface area contributed by atoms with E-state index >= 15 is 0 Å². The highest BCUT2D eigenvalue weighted by molar-refractivity contribution is 5.93. The molecule has 0 unspecified atom stereocenters. The van der Waals surface area contributed by atoms with Crippen molar-refractivity contribution in [3.05, 3.63) is 23.3 Å². The molecule has 1 aliphatic rings. The topological polar surface area (TPSA) is 62.1 Å². The number of nitrogens with zero attached hydrogens (tertiary/aromatic N) is 1. The monoisotopic (exact) mass is 202 g/mol. The Morgan fingerprint density at radius 3 is 3.07 bits per heavy atom. The SMILES string of the molecule is Cc1cc2c(cc1C#N)NC(=O)CCO2. The number of anilines is 1. The third kappa shape index (κ3) is 1.77. The molecule has 0 saturated heterocycles. The Bertz CT molecular complexity index is 460. The quantitative estimate of drug-likeness (QED) is 0.694. The molecule has 2 rings (SSSR count). The smallest absolute Gasteiger partial charge is 0.227 e. The minimum absolute atomic E-state index is 0.0820. The molecule has 0 aliphatic carbocycles. The molecule has 1 N–H and O–H groups in total. The van der Waals surface area contributed by atoms with Crippen molar-refractivity contribution in [2.45, 2.75) is 13.3 Å². The molecule has 0 radical (unpaired) electrons. The van der Waals surface area contributed by atoms with Crippen LogP contribution < -0.4 is 10.1 Å². The lowest BCUT2D eigenvalue weighted by Gasteiger charge is -2.08. The molecule has 15 heavy (non-hydrogen) atoms. The zero-order valence-corrected chi connectivity index (χ0v) is 8.33. The maximum absolute atomic E-state index is 11.3. The summed E-state index contributed by atoms with van der Waals surface area (Å²) in [6.45, 7) is 2.22. The van der Waals surface area contributed by atoms with Crippen molar-refractivity contribution in [2.24, 2.45) is 0 Å². The molecule has 1 aromatic rings. The standard InChI is InChI=1S/C11H10N2O2/c1-7-4-10-9(5-8(7)6-12)13-11(14)2-3-15-10/h4-5H,2-3H2,1H3,(H,13,14). The highest BCUT2D eigenvalue weighted by Gasteiger charge is 2.15. The number of carbonyl (C=O) groups excluding carboxylic acids is 1. The fourth-order valence-electron chi connectivity index (χ4n) is 1.49. The van der Waals surface area contributed by atoms with Gasteiger partial charge in [0.15, 0.2) is 0 Å². The van der Waals surface area contributed by atoms with Gasteiger partial charge in [0, 0.05) is 0 Å². The van der Waals surface area contributed by atoms with Gasteiger partial charge < -0.3 is 10.1 Å². The van der Waals surface area contributed by atoms with Crippen LogP contribution in [-0.4, -0.2) is 12.5 Å². The van der Waals surface area contributed by atoms with Crippen LogP contribution in [0.5, 0.6) is 5.75 Å². The molecule has 0 aromatic heterocycles. The lowest BCUT2D eigenvalue weighted by Crippen LogP contribution is -2.10. The van der Waals surface area contributed by atoms with Crippen LogP contribution in [0.2, 0.25) is 0 Å². The Balaban J connectivity index is 2.50. The molecule has 0 spiro atoms. The van der Waals surface area contributed by atoms with Gasteiger partial charge in [-0.1, -0.05) is 0 Å². The number of hydrogen-bond acceptors (Lipinski definition) is 3. The van der Waals surface area contributed by atoms with Gasteiger partial charge in [0.05, 0.1) is 30.3 Å².